The number of methoxy groups -OCH3 is 3. The molecule has 172 valence electrons. The maximum Gasteiger partial charge on any atom is 0.416 e. The number of rotatable bonds is 7. The fourth-order valence-electron chi connectivity index (χ4n) is 3.01. The first-order valence-electron chi connectivity index (χ1n) is 9.10. The molecule has 0 aliphatic rings. The average molecular weight is 553 g/mol. The zero-order chi connectivity index (χ0) is 22.3. The molecule has 0 amide bonds. The Labute approximate surface area is 197 Å². The Morgan fingerprint density at radius 1 is 0.968 bits per heavy atom. The fourth-order valence-corrected chi connectivity index (χ4v) is 3.01. The van der Waals surface area contributed by atoms with Crippen LogP contribution in [0, 0.1) is 0 Å². The van der Waals surface area contributed by atoms with E-state index in [4.69, 9.17) is 14.2 Å². The van der Waals surface area contributed by atoms with Crippen LogP contribution in [0.25, 0.3) is 0 Å². The van der Waals surface area contributed by atoms with Crippen molar-refractivity contribution in [1.82, 2.24) is 10.2 Å². The summed E-state index contributed by atoms with van der Waals surface area (Å²) in [5.41, 5.74) is 0.897. The number of hydrogen-bond acceptors (Lipinski definition) is 4. The van der Waals surface area contributed by atoms with Crippen LogP contribution in [0.5, 0.6) is 17.2 Å². The molecule has 0 aliphatic heterocycles. The monoisotopic (exact) mass is 553 g/mol. The highest BCUT2D eigenvalue weighted by Gasteiger charge is 2.30. The van der Waals surface area contributed by atoms with E-state index < -0.39 is 11.7 Å². The third-order valence-corrected chi connectivity index (χ3v) is 4.50. The maximum atomic E-state index is 12.7. The van der Waals surface area contributed by atoms with Crippen molar-refractivity contribution in [3.8, 4) is 17.2 Å². The summed E-state index contributed by atoms with van der Waals surface area (Å²) in [6.45, 7) is 0.786. The molecule has 0 saturated carbocycles. The van der Waals surface area contributed by atoms with Crippen molar-refractivity contribution in [3.63, 3.8) is 0 Å². The zero-order valence-electron chi connectivity index (χ0n) is 18.0. The number of nitrogens with one attached hydrogen (secondary N) is 1. The number of hydrogen-bond donors (Lipinski definition) is 1. The van der Waals surface area contributed by atoms with E-state index in [0.29, 0.717) is 36.3 Å². The average Bonchev–Trinajstić information content (AvgIpc) is 2.73. The minimum Gasteiger partial charge on any atom is -0.493 e. The Morgan fingerprint density at radius 3 is 2.06 bits per heavy atom. The van der Waals surface area contributed by atoms with Crippen LogP contribution in [0.1, 0.15) is 16.7 Å². The van der Waals surface area contributed by atoms with Crippen LogP contribution >= 0.6 is 24.0 Å². The summed E-state index contributed by atoms with van der Waals surface area (Å²) >= 11 is 0. The van der Waals surface area contributed by atoms with Gasteiger partial charge in [-0.3, -0.25) is 4.99 Å². The van der Waals surface area contributed by atoms with Crippen LogP contribution < -0.4 is 19.5 Å². The number of aliphatic imine (C=N–C) groups is 1. The largest absolute Gasteiger partial charge is 0.493 e. The van der Waals surface area contributed by atoms with Crippen LogP contribution in [0.3, 0.4) is 0 Å². The Morgan fingerprint density at radius 2 is 1.58 bits per heavy atom. The third kappa shape index (κ3) is 6.81. The van der Waals surface area contributed by atoms with E-state index in [1.165, 1.54) is 19.2 Å². The van der Waals surface area contributed by atoms with Gasteiger partial charge in [-0.2, -0.15) is 13.2 Å². The Bertz CT molecular complexity index is 875. The zero-order valence-corrected chi connectivity index (χ0v) is 20.4. The lowest BCUT2D eigenvalue weighted by atomic mass is 10.1. The van der Waals surface area contributed by atoms with Gasteiger partial charge in [0.05, 0.1) is 26.9 Å². The molecule has 6 nitrogen and oxygen atoms in total. The second-order valence-corrected chi connectivity index (χ2v) is 6.44. The highest BCUT2D eigenvalue weighted by atomic mass is 127. The second-order valence-electron chi connectivity index (χ2n) is 6.44. The Kier molecular flexibility index (Phi) is 10.2. The predicted molar refractivity (Wildman–Crippen MR) is 125 cm³/mol. The lowest BCUT2D eigenvalue weighted by molar-refractivity contribution is -0.137. The van der Waals surface area contributed by atoms with Gasteiger partial charge in [-0.15, -0.1) is 24.0 Å². The van der Waals surface area contributed by atoms with Crippen molar-refractivity contribution in [2.24, 2.45) is 4.99 Å². The van der Waals surface area contributed by atoms with Gasteiger partial charge in [0.1, 0.15) is 0 Å². The molecule has 10 heteroatoms. The summed E-state index contributed by atoms with van der Waals surface area (Å²) in [4.78, 5) is 6.06. The van der Waals surface area contributed by atoms with Crippen LogP contribution in [-0.4, -0.2) is 46.3 Å². The number of guanidine groups is 1. The topological polar surface area (TPSA) is 55.3 Å². The van der Waals surface area contributed by atoms with Crippen LogP contribution in [0.15, 0.2) is 41.4 Å². The first kappa shape index (κ1) is 26.7. The summed E-state index contributed by atoms with van der Waals surface area (Å²) in [5, 5.41) is 3.22. The molecule has 1 N–H and O–H groups in total. The molecule has 0 aliphatic carbocycles. The second kappa shape index (κ2) is 11.9. The van der Waals surface area contributed by atoms with Gasteiger partial charge in [0.25, 0.3) is 0 Å². The van der Waals surface area contributed by atoms with E-state index in [9.17, 15) is 13.2 Å². The summed E-state index contributed by atoms with van der Waals surface area (Å²) in [5.74, 6) is 2.17. The van der Waals surface area contributed by atoms with E-state index in [0.717, 1.165) is 23.3 Å². The molecule has 0 fully saturated rings. The summed E-state index contributed by atoms with van der Waals surface area (Å²) in [7, 11) is 8.07. The van der Waals surface area contributed by atoms with Gasteiger partial charge in [0, 0.05) is 32.7 Å². The van der Waals surface area contributed by atoms with Gasteiger partial charge in [-0.25, -0.2) is 0 Å². The molecule has 0 spiro atoms. The van der Waals surface area contributed by atoms with Crippen LogP contribution in [0.4, 0.5) is 13.2 Å². The van der Waals surface area contributed by atoms with E-state index >= 15 is 0 Å². The van der Waals surface area contributed by atoms with Gasteiger partial charge in [-0.1, -0.05) is 12.1 Å². The minimum absolute atomic E-state index is 0. The Hall–Kier alpha value is -2.37. The molecule has 2 aromatic rings. The minimum atomic E-state index is -4.35. The van der Waals surface area contributed by atoms with Gasteiger partial charge in [0.15, 0.2) is 17.5 Å². The number of alkyl halides is 3. The fraction of sp³-hybridized carbons (Fsp3) is 0.381. The summed E-state index contributed by atoms with van der Waals surface area (Å²) < 4.78 is 54.3. The molecule has 2 aromatic carbocycles. The first-order valence-corrected chi connectivity index (χ1v) is 9.10. The SMILES string of the molecule is CN=C(NCc1ccc(OC)c(OC)c1OC)N(C)Cc1ccc(C(F)(F)F)cc1.I. The van der Waals surface area contributed by atoms with Crippen molar-refractivity contribution in [2.75, 3.05) is 35.4 Å². The standard InChI is InChI=1S/C21H26F3N3O3.HI/c1-25-20(27(2)13-14-6-9-16(10-7-14)21(22,23)24)26-12-15-8-11-17(28-3)19(30-5)18(15)29-4;/h6-11H,12-13H2,1-5H3,(H,25,26);1H. The maximum absolute atomic E-state index is 12.7. The lowest BCUT2D eigenvalue weighted by Crippen LogP contribution is -2.38. The molecule has 0 aromatic heterocycles. The van der Waals surface area contributed by atoms with Gasteiger partial charge in [0.2, 0.25) is 5.75 Å². The molecular formula is C21H27F3IN3O3. The molecule has 31 heavy (non-hydrogen) atoms. The Balaban J connectivity index is 0.00000480. The quantitative estimate of drug-likeness (QED) is 0.310. The normalized spacial score (nSPS) is 11.4. The highest BCUT2D eigenvalue weighted by molar-refractivity contribution is 14.0. The molecule has 0 radical (unpaired) electrons. The first-order chi connectivity index (χ1) is 14.2. The van der Waals surface area contributed by atoms with Crippen molar-refractivity contribution < 1.29 is 27.4 Å². The number of benzene rings is 2. The van der Waals surface area contributed by atoms with Crippen LogP contribution in [0.2, 0.25) is 0 Å². The molecular weight excluding hydrogens is 526 g/mol. The van der Waals surface area contributed by atoms with E-state index in [1.54, 1.807) is 34.4 Å². The van der Waals surface area contributed by atoms with Gasteiger partial charge >= 0.3 is 6.18 Å². The number of halogens is 4. The molecule has 0 heterocycles. The van der Waals surface area contributed by atoms with E-state index in [1.807, 2.05) is 11.0 Å². The number of nitrogens with zero attached hydrogens (tertiary/aromatic N) is 2. The van der Waals surface area contributed by atoms with Crippen LogP contribution in [-0.2, 0) is 19.3 Å². The highest BCUT2D eigenvalue weighted by Crippen LogP contribution is 2.39. The number of ether oxygens (including phenoxy) is 3. The van der Waals surface area contributed by atoms with Crippen molar-refractivity contribution >= 4 is 29.9 Å². The molecule has 0 atom stereocenters. The molecule has 0 bridgehead atoms. The summed E-state index contributed by atoms with van der Waals surface area (Å²) in [6, 6.07) is 8.72. The molecule has 2 rings (SSSR count). The molecule has 0 saturated heterocycles. The lowest BCUT2D eigenvalue weighted by Gasteiger charge is -2.23. The van der Waals surface area contributed by atoms with Crippen molar-refractivity contribution in [3.05, 3.63) is 53.1 Å². The summed E-state index contributed by atoms with van der Waals surface area (Å²) in [6.07, 6.45) is -4.35. The third-order valence-electron chi connectivity index (χ3n) is 4.50. The van der Waals surface area contributed by atoms with Gasteiger partial charge in [-0.05, 0) is 29.8 Å². The smallest absolute Gasteiger partial charge is 0.416 e. The van der Waals surface area contributed by atoms with Crippen molar-refractivity contribution in [2.45, 2.75) is 19.3 Å². The van der Waals surface area contributed by atoms with E-state index in [-0.39, 0.29) is 24.0 Å². The van der Waals surface area contributed by atoms with Crippen molar-refractivity contribution in [1.29, 1.82) is 0 Å². The van der Waals surface area contributed by atoms with E-state index in [2.05, 4.69) is 10.3 Å². The van der Waals surface area contributed by atoms with Gasteiger partial charge < -0.3 is 24.4 Å². The predicted octanol–water partition coefficient (Wildman–Crippen LogP) is 4.56. The molecule has 0 unspecified atom stereocenters.